The van der Waals surface area contributed by atoms with Crippen LogP contribution in [0.5, 0.6) is 5.75 Å². The fourth-order valence-electron chi connectivity index (χ4n) is 3.55. The van der Waals surface area contributed by atoms with Gasteiger partial charge in [0.1, 0.15) is 0 Å². The number of carbonyl (C=O) groups is 1. The summed E-state index contributed by atoms with van der Waals surface area (Å²) in [6.45, 7) is 4.50. The monoisotopic (exact) mass is 383 g/mol. The Morgan fingerprint density at radius 2 is 1.86 bits per heavy atom. The average Bonchev–Trinajstić information content (AvgIpc) is 3.21. The second-order valence-electron chi connectivity index (χ2n) is 7.21. The number of carbonyl (C=O) groups excluding carboxylic acids is 1. The molecule has 7 nitrogen and oxygen atoms in total. The first-order valence-corrected chi connectivity index (χ1v) is 9.50. The molecule has 7 heteroatoms. The Morgan fingerprint density at radius 3 is 2.50 bits per heavy atom. The maximum Gasteiger partial charge on any atom is 0.310 e. The van der Waals surface area contributed by atoms with Crippen LogP contribution in [-0.4, -0.2) is 40.5 Å². The molecule has 0 aliphatic carbocycles. The van der Waals surface area contributed by atoms with Crippen LogP contribution in [0.25, 0.3) is 0 Å². The molecule has 1 fully saturated rings. The fraction of sp³-hybridized carbons (Fsp3) is 0.381. The number of nitro groups is 1. The van der Waals surface area contributed by atoms with Crippen LogP contribution in [0, 0.1) is 10.1 Å². The Labute approximate surface area is 164 Å². The number of benzene rings is 2. The minimum absolute atomic E-state index is 0.152. The highest BCUT2D eigenvalue weighted by atomic mass is 16.6. The maximum atomic E-state index is 12.9. The number of hydrogen-bond acceptors (Lipinski definition) is 5. The van der Waals surface area contributed by atoms with Crippen LogP contribution >= 0.6 is 0 Å². The smallest absolute Gasteiger partial charge is 0.310 e. The van der Waals surface area contributed by atoms with Crippen LogP contribution in [0.15, 0.2) is 48.5 Å². The van der Waals surface area contributed by atoms with E-state index in [9.17, 15) is 20.0 Å². The van der Waals surface area contributed by atoms with E-state index in [1.807, 2.05) is 30.3 Å². The van der Waals surface area contributed by atoms with Gasteiger partial charge >= 0.3 is 5.69 Å². The number of likely N-dealkylation sites (tertiary alicyclic amines) is 1. The van der Waals surface area contributed by atoms with E-state index in [1.54, 1.807) is 13.0 Å². The van der Waals surface area contributed by atoms with Crippen LogP contribution in [0.3, 0.4) is 0 Å². The van der Waals surface area contributed by atoms with E-state index in [2.05, 4.69) is 10.2 Å². The minimum Gasteiger partial charge on any atom is -0.502 e. The van der Waals surface area contributed by atoms with Crippen LogP contribution in [0.4, 0.5) is 5.69 Å². The summed E-state index contributed by atoms with van der Waals surface area (Å²) < 4.78 is 0. The summed E-state index contributed by atoms with van der Waals surface area (Å²) in [4.78, 5) is 25.7. The molecule has 0 radical (unpaired) electrons. The van der Waals surface area contributed by atoms with Crippen molar-refractivity contribution < 1.29 is 14.8 Å². The maximum absolute atomic E-state index is 12.9. The molecule has 1 heterocycles. The lowest BCUT2D eigenvalue weighted by Gasteiger charge is -2.26. The molecule has 0 saturated carbocycles. The third-order valence-corrected chi connectivity index (χ3v) is 5.25. The van der Waals surface area contributed by atoms with Crippen LogP contribution in [-0.2, 0) is 4.79 Å². The normalized spacial score (nSPS) is 16.5. The van der Waals surface area contributed by atoms with Crippen molar-refractivity contribution in [3.05, 3.63) is 69.8 Å². The molecule has 0 spiro atoms. The van der Waals surface area contributed by atoms with Gasteiger partial charge in [0.2, 0.25) is 5.91 Å². The van der Waals surface area contributed by atoms with Crippen molar-refractivity contribution in [2.24, 2.45) is 0 Å². The zero-order valence-electron chi connectivity index (χ0n) is 15.9. The van der Waals surface area contributed by atoms with Gasteiger partial charge in [0.05, 0.1) is 16.9 Å². The van der Waals surface area contributed by atoms with Crippen molar-refractivity contribution in [1.82, 2.24) is 10.2 Å². The summed E-state index contributed by atoms with van der Waals surface area (Å²) in [6, 6.07) is 13.8. The Hall–Kier alpha value is -2.93. The minimum atomic E-state index is -0.649. The Balaban J connectivity index is 1.77. The van der Waals surface area contributed by atoms with Gasteiger partial charge in [0.25, 0.3) is 0 Å². The van der Waals surface area contributed by atoms with E-state index in [0.29, 0.717) is 5.56 Å². The van der Waals surface area contributed by atoms with Gasteiger partial charge in [0.15, 0.2) is 5.75 Å². The summed E-state index contributed by atoms with van der Waals surface area (Å²) in [5.74, 6) is -1.19. The topological polar surface area (TPSA) is 95.7 Å². The van der Waals surface area contributed by atoms with Crippen molar-refractivity contribution in [2.45, 2.75) is 31.7 Å². The van der Waals surface area contributed by atoms with Crippen molar-refractivity contribution in [1.29, 1.82) is 0 Å². The van der Waals surface area contributed by atoms with Gasteiger partial charge in [-0.2, -0.15) is 0 Å². The zero-order chi connectivity index (χ0) is 20.1. The Bertz CT molecular complexity index is 835. The molecule has 1 saturated heterocycles. The Morgan fingerprint density at radius 1 is 1.18 bits per heavy atom. The molecule has 3 rings (SSSR count). The van der Waals surface area contributed by atoms with Crippen LogP contribution < -0.4 is 5.32 Å². The van der Waals surface area contributed by atoms with Crippen LogP contribution in [0.2, 0.25) is 0 Å². The number of rotatable bonds is 7. The summed E-state index contributed by atoms with van der Waals surface area (Å²) in [5, 5.41) is 23.8. The van der Waals surface area contributed by atoms with Crippen molar-refractivity contribution in [3.8, 4) is 5.75 Å². The van der Waals surface area contributed by atoms with Gasteiger partial charge in [0, 0.05) is 12.6 Å². The quantitative estimate of drug-likeness (QED) is 0.565. The first-order chi connectivity index (χ1) is 13.5. The lowest BCUT2D eigenvalue weighted by atomic mass is 9.98. The molecule has 1 aliphatic heterocycles. The van der Waals surface area contributed by atoms with Crippen molar-refractivity contribution in [3.63, 3.8) is 0 Å². The predicted molar refractivity (Wildman–Crippen MR) is 106 cm³/mol. The predicted octanol–water partition coefficient (Wildman–Crippen LogP) is 3.36. The second kappa shape index (κ2) is 8.84. The Kier molecular flexibility index (Phi) is 6.26. The third-order valence-electron chi connectivity index (χ3n) is 5.25. The number of phenols is 1. The lowest BCUT2D eigenvalue weighted by molar-refractivity contribution is -0.385. The molecule has 28 heavy (non-hydrogen) atoms. The van der Waals surface area contributed by atoms with E-state index in [1.165, 1.54) is 25.0 Å². The summed E-state index contributed by atoms with van der Waals surface area (Å²) in [7, 11) is 0. The molecule has 148 valence electrons. The summed E-state index contributed by atoms with van der Waals surface area (Å²) in [6.07, 6.45) is 2.34. The molecule has 0 bridgehead atoms. The number of aromatic hydroxyl groups is 1. The number of nitro benzene ring substituents is 1. The van der Waals surface area contributed by atoms with Gasteiger partial charge in [-0.05, 0) is 50.0 Å². The van der Waals surface area contributed by atoms with Gasteiger partial charge in [-0.1, -0.05) is 36.4 Å². The van der Waals surface area contributed by atoms with Crippen molar-refractivity contribution >= 4 is 11.6 Å². The number of nitrogens with zero attached hydrogens (tertiary/aromatic N) is 2. The first kappa shape index (κ1) is 19.8. The SMILES string of the molecule is CC(C(=O)N[C@H](CN1CCCC1)c1ccccc1)c1ccc(O)c([N+](=O)[O-])c1. The van der Waals surface area contributed by atoms with Gasteiger partial charge in [-0.25, -0.2) is 0 Å². The summed E-state index contributed by atoms with van der Waals surface area (Å²) >= 11 is 0. The molecule has 2 aromatic rings. The highest BCUT2D eigenvalue weighted by Gasteiger charge is 2.25. The van der Waals surface area contributed by atoms with Gasteiger partial charge in [-0.3, -0.25) is 14.9 Å². The number of hydrogen-bond donors (Lipinski definition) is 2. The fourth-order valence-corrected chi connectivity index (χ4v) is 3.55. The highest BCUT2D eigenvalue weighted by molar-refractivity contribution is 5.84. The van der Waals surface area contributed by atoms with Gasteiger partial charge in [-0.15, -0.1) is 0 Å². The van der Waals surface area contributed by atoms with E-state index in [-0.39, 0.29) is 11.9 Å². The number of amides is 1. The zero-order valence-corrected chi connectivity index (χ0v) is 15.9. The molecule has 2 atom stereocenters. The highest BCUT2D eigenvalue weighted by Crippen LogP contribution is 2.30. The second-order valence-corrected chi connectivity index (χ2v) is 7.21. The number of nitrogens with one attached hydrogen (secondary N) is 1. The molecular weight excluding hydrogens is 358 g/mol. The average molecular weight is 383 g/mol. The summed E-state index contributed by atoms with van der Waals surface area (Å²) in [5.41, 5.74) is 1.13. The molecule has 2 aromatic carbocycles. The van der Waals surface area contributed by atoms with E-state index in [4.69, 9.17) is 0 Å². The molecule has 1 aliphatic rings. The van der Waals surface area contributed by atoms with E-state index >= 15 is 0 Å². The van der Waals surface area contributed by atoms with E-state index < -0.39 is 22.3 Å². The third kappa shape index (κ3) is 4.67. The van der Waals surface area contributed by atoms with E-state index in [0.717, 1.165) is 25.2 Å². The molecule has 1 amide bonds. The molecule has 1 unspecified atom stereocenters. The van der Waals surface area contributed by atoms with Gasteiger partial charge < -0.3 is 15.3 Å². The molecular formula is C21H25N3O4. The molecule has 0 aromatic heterocycles. The lowest BCUT2D eigenvalue weighted by Crippen LogP contribution is -2.38. The van der Waals surface area contributed by atoms with Crippen LogP contribution in [0.1, 0.15) is 42.9 Å². The standard InChI is InChI=1S/C21H25N3O4/c1-15(17-9-10-20(25)19(13-17)24(27)28)21(26)22-18(14-23-11-5-6-12-23)16-7-3-2-4-8-16/h2-4,7-10,13,15,18,25H,5-6,11-12,14H2,1H3,(H,22,26)/t15?,18-/m1/s1. The largest absolute Gasteiger partial charge is 0.502 e. The van der Waals surface area contributed by atoms with Crippen molar-refractivity contribution in [2.75, 3.05) is 19.6 Å². The first-order valence-electron chi connectivity index (χ1n) is 9.50. The molecule has 2 N–H and O–H groups in total. The number of phenolic OH excluding ortho intramolecular Hbond substituents is 1.